The van der Waals surface area contributed by atoms with Crippen molar-refractivity contribution in [3.63, 3.8) is 0 Å². The molecule has 0 amide bonds. The maximum Gasteiger partial charge on any atom is 0.306 e. The van der Waals surface area contributed by atoms with Gasteiger partial charge < -0.3 is 14.2 Å². The lowest BCUT2D eigenvalue weighted by atomic mass is 10.0. The molecule has 416 valence electrons. The van der Waals surface area contributed by atoms with Crippen LogP contribution in [0.4, 0.5) is 0 Å². The summed E-state index contributed by atoms with van der Waals surface area (Å²) in [5.41, 5.74) is 0. The molecule has 1 unspecified atom stereocenters. The van der Waals surface area contributed by atoms with Crippen LogP contribution in [0.15, 0.2) is 72.9 Å². The molecule has 0 bridgehead atoms. The van der Waals surface area contributed by atoms with E-state index in [-0.39, 0.29) is 37.5 Å². The largest absolute Gasteiger partial charge is 0.462 e. The third-order valence-electron chi connectivity index (χ3n) is 13.4. The predicted molar refractivity (Wildman–Crippen MR) is 311 cm³/mol. The summed E-state index contributed by atoms with van der Waals surface area (Å²) in [4.78, 5) is 38.3. The Balaban J connectivity index is 4.42. The summed E-state index contributed by atoms with van der Waals surface area (Å²) in [5.74, 6) is -0.939. The van der Waals surface area contributed by atoms with Crippen molar-refractivity contribution in [1.82, 2.24) is 0 Å². The van der Waals surface area contributed by atoms with Gasteiger partial charge in [0.15, 0.2) is 6.10 Å². The number of hydrogen-bond acceptors (Lipinski definition) is 6. The third kappa shape index (κ3) is 57.7. The highest BCUT2D eigenvalue weighted by molar-refractivity contribution is 5.71. The molecule has 0 aliphatic heterocycles. The van der Waals surface area contributed by atoms with Gasteiger partial charge in [0, 0.05) is 19.3 Å². The first-order chi connectivity index (χ1) is 35.5. The van der Waals surface area contributed by atoms with E-state index in [0.29, 0.717) is 19.3 Å². The average Bonchev–Trinajstić information content (AvgIpc) is 3.38. The van der Waals surface area contributed by atoms with Gasteiger partial charge in [0.05, 0.1) is 0 Å². The van der Waals surface area contributed by atoms with Gasteiger partial charge in [0.1, 0.15) is 13.2 Å². The number of hydrogen-bond donors (Lipinski definition) is 0. The monoisotopic (exact) mass is 1000 g/mol. The van der Waals surface area contributed by atoms with Crippen LogP contribution in [-0.4, -0.2) is 37.2 Å². The van der Waals surface area contributed by atoms with E-state index in [9.17, 15) is 14.4 Å². The first-order valence-corrected chi connectivity index (χ1v) is 30.9. The summed E-state index contributed by atoms with van der Waals surface area (Å²) in [6.45, 7) is 6.51. The van der Waals surface area contributed by atoms with Crippen molar-refractivity contribution >= 4 is 17.9 Å². The molecule has 0 aromatic carbocycles. The van der Waals surface area contributed by atoms with Crippen molar-refractivity contribution in [1.29, 1.82) is 0 Å². The zero-order chi connectivity index (χ0) is 52.2. The van der Waals surface area contributed by atoms with Crippen molar-refractivity contribution in [2.75, 3.05) is 13.2 Å². The van der Waals surface area contributed by atoms with E-state index in [0.717, 1.165) is 77.0 Å². The zero-order valence-corrected chi connectivity index (χ0v) is 47.7. The highest BCUT2D eigenvalue weighted by Crippen LogP contribution is 2.17. The Morgan fingerprint density at radius 3 is 0.917 bits per heavy atom. The fraction of sp³-hybridized carbons (Fsp3) is 0.773. The first kappa shape index (κ1) is 68.8. The number of unbranched alkanes of at least 4 members (excludes halogenated alkanes) is 33. The molecule has 0 heterocycles. The van der Waals surface area contributed by atoms with Gasteiger partial charge in [0.25, 0.3) is 0 Å². The number of carbonyl (C=O) groups is 3. The average molecular weight is 1010 g/mol. The lowest BCUT2D eigenvalue weighted by Gasteiger charge is -2.18. The molecule has 0 aliphatic rings. The van der Waals surface area contributed by atoms with Gasteiger partial charge in [-0.15, -0.1) is 0 Å². The van der Waals surface area contributed by atoms with Gasteiger partial charge in [-0.3, -0.25) is 14.4 Å². The summed E-state index contributed by atoms with van der Waals surface area (Å²) >= 11 is 0. The second-order valence-corrected chi connectivity index (χ2v) is 20.6. The van der Waals surface area contributed by atoms with Crippen molar-refractivity contribution < 1.29 is 28.6 Å². The van der Waals surface area contributed by atoms with E-state index in [1.54, 1.807) is 0 Å². The van der Waals surface area contributed by atoms with Gasteiger partial charge in [-0.25, -0.2) is 0 Å². The molecule has 0 saturated carbocycles. The van der Waals surface area contributed by atoms with Crippen molar-refractivity contribution in [3.8, 4) is 0 Å². The van der Waals surface area contributed by atoms with Crippen LogP contribution in [0.5, 0.6) is 0 Å². The molecular formula is C66H116O6. The minimum Gasteiger partial charge on any atom is -0.462 e. The normalized spacial score (nSPS) is 12.5. The Morgan fingerprint density at radius 1 is 0.292 bits per heavy atom. The number of esters is 3. The minimum atomic E-state index is -0.798. The Bertz CT molecular complexity index is 1340. The van der Waals surface area contributed by atoms with Gasteiger partial charge in [-0.05, 0) is 83.5 Å². The Morgan fingerprint density at radius 2 is 0.556 bits per heavy atom. The Kier molecular flexibility index (Phi) is 57.8. The summed E-state index contributed by atoms with van der Waals surface area (Å²) < 4.78 is 16.9. The molecule has 0 spiro atoms. The molecule has 0 N–H and O–H groups in total. The predicted octanol–water partition coefficient (Wildman–Crippen LogP) is 20.9. The molecule has 6 nitrogen and oxygen atoms in total. The molecular weight excluding hydrogens is 889 g/mol. The SMILES string of the molecule is CC/C=C\C/C=C\C/C=C\C/C=C\C/C=C\CCCC(=O)OCC(COC(=O)CCCCCCCCCCC/C=C\CCCCCCCC)OC(=O)CCCCCCCCCCCCCCCCCCCC. The van der Waals surface area contributed by atoms with E-state index in [1.165, 1.54) is 186 Å². The number of rotatable bonds is 56. The Hall–Kier alpha value is -3.15. The van der Waals surface area contributed by atoms with Crippen LogP contribution in [0.3, 0.4) is 0 Å². The van der Waals surface area contributed by atoms with Crippen LogP contribution in [0.1, 0.15) is 310 Å². The van der Waals surface area contributed by atoms with Gasteiger partial charge in [-0.2, -0.15) is 0 Å². The van der Waals surface area contributed by atoms with Crippen LogP contribution in [0.2, 0.25) is 0 Å². The van der Waals surface area contributed by atoms with E-state index >= 15 is 0 Å². The zero-order valence-electron chi connectivity index (χ0n) is 47.7. The molecule has 0 rings (SSSR count). The Labute approximate surface area is 446 Å². The van der Waals surface area contributed by atoms with E-state index in [2.05, 4.69) is 93.7 Å². The molecule has 0 aromatic heterocycles. The molecule has 1 atom stereocenters. The quantitative estimate of drug-likeness (QED) is 0.0261. The van der Waals surface area contributed by atoms with Crippen LogP contribution in [0.25, 0.3) is 0 Å². The molecule has 0 aliphatic carbocycles. The van der Waals surface area contributed by atoms with Crippen LogP contribution in [0, 0.1) is 0 Å². The molecule has 0 fully saturated rings. The fourth-order valence-corrected chi connectivity index (χ4v) is 8.83. The molecule has 6 heteroatoms. The molecule has 0 radical (unpaired) electrons. The van der Waals surface area contributed by atoms with Gasteiger partial charge in [-0.1, -0.05) is 280 Å². The molecule has 72 heavy (non-hydrogen) atoms. The van der Waals surface area contributed by atoms with Crippen LogP contribution in [-0.2, 0) is 28.6 Å². The number of carbonyl (C=O) groups excluding carboxylic acids is 3. The summed E-state index contributed by atoms with van der Waals surface area (Å²) in [5, 5.41) is 0. The maximum atomic E-state index is 12.9. The number of ether oxygens (including phenoxy) is 3. The molecule has 0 saturated heterocycles. The van der Waals surface area contributed by atoms with Gasteiger partial charge >= 0.3 is 17.9 Å². The smallest absolute Gasteiger partial charge is 0.306 e. The van der Waals surface area contributed by atoms with E-state index < -0.39 is 6.10 Å². The van der Waals surface area contributed by atoms with E-state index in [1.807, 2.05) is 0 Å². The maximum absolute atomic E-state index is 12.9. The minimum absolute atomic E-state index is 0.0913. The fourth-order valence-electron chi connectivity index (χ4n) is 8.83. The highest BCUT2D eigenvalue weighted by Gasteiger charge is 2.19. The first-order valence-electron chi connectivity index (χ1n) is 30.9. The summed E-state index contributed by atoms with van der Waals surface area (Å²) in [7, 11) is 0. The lowest BCUT2D eigenvalue weighted by molar-refractivity contribution is -0.167. The van der Waals surface area contributed by atoms with Crippen molar-refractivity contribution in [2.24, 2.45) is 0 Å². The summed E-state index contributed by atoms with van der Waals surface area (Å²) in [6, 6.07) is 0. The van der Waals surface area contributed by atoms with E-state index in [4.69, 9.17) is 14.2 Å². The third-order valence-corrected chi connectivity index (χ3v) is 13.4. The van der Waals surface area contributed by atoms with Crippen LogP contribution >= 0.6 is 0 Å². The highest BCUT2D eigenvalue weighted by atomic mass is 16.6. The van der Waals surface area contributed by atoms with Crippen LogP contribution < -0.4 is 0 Å². The number of allylic oxidation sites excluding steroid dienone is 12. The molecule has 0 aromatic rings. The standard InChI is InChI=1S/C66H116O6/c1-4-7-10-13-16-19-22-25-28-31-33-36-38-41-44-47-50-53-56-59-65(68)71-62-63(61-70-64(67)58-55-52-49-46-43-40-37-34-30-27-24-21-18-15-12-9-6-3)72-66(69)60-57-54-51-48-45-42-39-35-32-29-26-23-20-17-14-11-8-5-2/h9,12,18,21,25,27-28,30,37,40,46,49,63H,4-8,10-11,13-17,19-20,22-24,26,29,31-36,38-39,41-45,47-48,50-62H2,1-3H3/b12-9-,21-18-,28-25-,30-27-,40-37-,49-46-. The van der Waals surface area contributed by atoms with Crippen molar-refractivity contribution in [2.45, 2.75) is 316 Å². The van der Waals surface area contributed by atoms with Gasteiger partial charge in [0.2, 0.25) is 0 Å². The second kappa shape index (κ2) is 60.4. The second-order valence-electron chi connectivity index (χ2n) is 20.6. The lowest BCUT2D eigenvalue weighted by Crippen LogP contribution is -2.30. The topological polar surface area (TPSA) is 78.9 Å². The van der Waals surface area contributed by atoms with Crippen molar-refractivity contribution in [3.05, 3.63) is 72.9 Å². The summed E-state index contributed by atoms with van der Waals surface area (Å²) in [6.07, 6.45) is 77.6.